The van der Waals surface area contributed by atoms with E-state index in [2.05, 4.69) is 41.3 Å². The van der Waals surface area contributed by atoms with E-state index in [4.69, 9.17) is 13.7 Å². The number of likely N-dealkylation sites (tertiary alicyclic amines) is 2. The molecule has 0 saturated carbocycles. The van der Waals surface area contributed by atoms with Crippen molar-refractivity contribution in [3.05, 3.63) is 117 Å². The standard InChI is InChI=1S/C25H31N5O6S.C24H29N5O4.CH3ClO2S/c1-25(2,3)36-24(32)29-14-18(15-29)10-11-30-21(31)9-8-19-13-26-23(28-22(19)30)27-20-7-5-6-17(12-20)16-35-37(4,33)34;1-24(2,3)33-23(32)28-13-17(14-28)9-10-29-20(31)8-7-18-12-25-22(27-21(18)29)26-19-6-4-5-16(11-19)15-30;1-5(2,3)4/h5-9,12-13,18H,10-11,14-16H2,1-4H3,(H,26,27,28);4-8,11-12,17,30H,9-10,13-15H2,1-3H3,(H,25,26,27);1H3. The van der Waals surface area contributed by atoms with Gasteiger partial charge in [0.2, 0.25) is 20.9 Å². The molecule has 2 saturated heterocycles. The average Bonchev–Trinajstić information content (AvgIpc) is 3.27. The number of aliphatic hydroxyl groups is 1. The molecule has 404 valence electrons. The molecule has 0 atom stereocenters. The third kappa shape index (κ3) is 18.3. The molecule has 0 aliphatic carbocycles. The summed E-state index contributed by atoms with van der Waals surface area (Å²) in [5, 5.41) is 17.1. The van der Waals surface area contributed by atoms with Gasteiger partial charge in [0.25, 0.3) is 21.2 Å². The number of hydrogen-bond donors (Lipinski definition) is 3. The van der Waals surface area contributed by atoms with Crippen molar-refractivity contribution in [2.24, 2.45) is 11.8 Å². The lowest BCUT2D eigenvalue weighted by molar-refractivity contribution is -0.00344. The van der Waals surface area contributed by atoms with E-state index in [1.54, 1.807) is 67.7 Å². The molecule has 4 aromatic heterocycles. The zero-order chi connectivity index (χ0) is 54.9. The Kier molecular flexibility index (Phi) is 18.6. The van der Waals surface area contributed by atoms with Crippen LogP contribution in [0.2, 0.25) is 0 Å². The number of rotatable bonds is 14. The number of amides is 2. The second-order valence-electron chi connectivity index (χ2n) is 20.1. The number of hydrogen-bond acceptors (Lipinski definition) is 18. The number of nitrogens with one attached hydrogen (secondary N) is 2. The van der Waals surface area contributed by atoms with Gasteiger partial charge in [0.1, 0.15) is 22.5 Å². The van der Waals surface area contributed by atoms with Crippen molar-refractivity contribution in [2.45, 2.75) is 91.9 Å². The van der Waals surface area contributed by atoms with E-state index in [1.807, 2.05) is 65.8 Å². The van der Waals surface area contributed by atoms with Crippen molar-refractivity contribution in [1.82, 2.24) is 38.9 Å². The number of carbonyl (C=O) groups is 2. The number of aromatic nitrogens is 6. The number of aryl methyl sites for hydroxylation is 2. The smallest absolute Gasteiger partial charge is 0.410 e. The van der Waals surface area contributed by atoms with E-state index in [0.717, 1.165) is 41.0 Å². The minimum absolute atomic E-state index is 0.0554. The lowest BCUT2D eigenvalue weighted by Crippen LogP contribution is -2.51. The summed E-state index contributed by atoms with van der Waals surface area (Å²) in [6.07, 6.45) is 6.11. The molecule has 2 amide bonds. The molecule has 2 aliphatic rings. The molecule has 0 spiro atoms. The van der Waals surface area contributed by atoms with Gasteiger partial charge in [-0.25, -0.2) is 28.0 Å². The summed E-state index contributed by atoms with van der Waals surface area (Å²) < 4.78 is 60.3. The Morgan fingerprint density at radius 3 is 1.45 bits per heavy atom. The minimum atomic E-state index is -3.55. The van der Waals surface area contributed by atoms with Crippen LogP contribution in [0.5, 0.6) is 0 Å². The Bertz CT molecular complexity index is 3340. The monoisotopic (exact) mass is 1090 g/mol. The van der Waals surface area contributed by atoms with Crippen LogP contribution in [0.3, 0.4) is 0 Å². The molecule has 75 heavy (non-hydrogen) atoms. The van der Waals surface area contributed by atoms with Crippen LogP contribution in [0, 0.1) is 11.8 Å². The van der Waals surface area contributed by atoms with E-state index in [9.17, 15) is 41.1 Å². The molecule has 0 unspecified atom stereocenters. The number of anilines is 4. The fourth-order valence-corrected chi connectivity index (χ4v) is 8.04. The molecule has 2 fully saturated rings. The fraction of sp³-hybridized carbons (Fsp3) is 0.440. The number of pyridine rings is 2. The van der Waals surface area contributed by atoms with E-state index in [1.165, 1.54) is 12.1 Å². The summed E-state index contributed by atoms with van der Waals surface area (Å²) in [6.45, 7) is 14.3. The molecular weight excluding hydrogens is 1030 g/mol. The molecule has 0 radical (unpaired) electrons. The maximum Gasteiger partial charge on any atom is 0.410 e. The molecule has 3 N–H and O–H groups in total. The van der Waals surface area contributed by atoms with Gasteiger partial charge in [-0.05, 0) is 114 Å². The predicted molar refractivity (Wildman–Crippen MR) is 285 cm³/mol. The molecule has 8 rings (SSSR count). The molecule has 25 heteroatoms. The van der Waals surface area contributed by atoms with Crippen molar-refractivity contribution >= 4 is 87.4 Å². The highest BCUT2D eigenvalue weighted by Gasteiger charge is 2.35. The van der Waals surface area contributed by atoms with Crippen molar-refractivity contribution < 1.29 is 45.2 Å². The summed E-state index contributed by atoms with van der Waals surface area (Å²) in [6, 6.07) is 20.8. The molecule has 0 bridgehead atoms. The zero-order valence-corrected chi connectivity index (χ0v) is 45.4. The van der Waals surface area contributed by atoms with Gasteiger partial charge in [0.15, 0.2) is 0 Å². The van der Waals surface area contributed by atoms with Crippen LogP contribution < -0.4 is 21.8 Å². The molecule has 6 heterocycles. The highest BCUT2D eigenvalue weighted by molar-refractivity contribution is 8.13. The van der Waals surface area contributed by atoms with Crippen molar-refractivity contribution in [2.75, 3.05) is 49.3 Å². The molecule has 22 nitrogen and oxygen atoms in total. The number of aliphatic hydroxyl groups excluding tert-OH is 1. The van der Waals surface area contributed by atoms with Crippen LogP contribution in [0.25, 0.3) is 22.1 Å². The molecular formula is C50H63ClN10O12S2. The third-order valence-corrected chi connectivity index (χ3v) is 11.7. The largest absolute Gasteiger partial charge is 0.444 e. The van der Waals surface area contributed by atoms with Crippen LogP contribution in [0.4, 0.5) is 32.9 Å². The van der Waals surface area contributed by atoms with E-state index >= 15 is 0 Å². The first-order valence-corrected chi connectivity index (χ1v) is 28.4. The number of carbonyl (C=O) groups excluding carboxylic acids is 2. The summed E-state index contributed by atoms with van der Waals surface area (Å²) >= 11 is 0. The van der Waals surface area contributed by atoms with Crippen LogP contribution in [-0.2, 0) is 59.1 Å². The van der Waals surface area contributed by atoms with Gasteiger partial charge < -0.3 is 35.0 Å². The Morgan fingerprint density at radius 2 is 1.07 bits per heavy atom. The summed E-state index contributed by atoms with van der Waals surface area (Å²) in [5.74, 6) is 1.25. The highest BCUT2D eigenvalue weighted by Crippen LogP contribution is 2.26. The Balaban J connectivity index is 0.000000225. The van der Waals surface area contributed by atoms with Crippen LogP contribution in [0.1, 0.15) is 65.5 Å². The number of halogens is 1. The van der Waals surface area contributed by atoms with Gasteiger partial charge in [0.05, 0.1) is 25.7 Å². The lowest BCUT2D eigenvalue weighted by Gasteiger charge is -2.39. The maximum absolute atomic E-state index is 12.7. The summed E-state index contributed by atoms with van der Waals surface area (Å²) in [4.78, 5) is 70.8. The van der Waals surface area contributed by atoms with Gasteiger partial charge in [-0.2, -0.15) is 18.4 Å². The molecule has 2 aliphatic heterocycles. The van der Waals surface area contributed by atoms with E-state index < -0.39 is 30.4 Å². The third-order valence-electron chi connectivity index (χ3n) is 11.2. The quantitative estimate of drug-likeness (QED) is 0.0752. The second kappa shape index (κ2) is 24.3. The number of benzene rings is 2. The van der Waals surface area contributed by atoms with Gasteiger partial charge in [-0.1, -0.05) is 24.3 Å². The summed E-state index contributed by atoms with van der Waals surface area (Å²) in [7, 11) is -2.25. The van der Waals surface area contributed by atoms with Crippen molar-refractivity contribution in [1.29, 1.82) is 0 Å². The van der Waals surface area contributed by atoms with Gasteiger partial charge in [-0.15, -0.1) is 0 Å². The van der Waals surface area contributed by atoms with Crippen LogP contribution in [-0.4, -0.2) is 123 Å². The van der Waals surface area contributed by atoms with Gasteiger partial charge >= 0.3 is 12.2 Å². The number of ether oxygens (including phenoxy) is 2. The average molecular weight is 1100 g/mol. The fourth-order valence-electron chi connectivity index (χ4n) is 7.69. The Hall–Kier alpha value is -6.73. The predicted octanol–water partition coefficient (Wildman–Crippen LogP) is 6.74. The highest BCUT2D eigenvalue weighted by atomic mass is 35.7. The lowest BCUT2D eigenvalue weighted by atomic mass is 9.97. The minimum Gasteiger partial charge on any atom is -0.444 e. The first-order chi connectivity index (χ1) is 35.1. The Morgan fingerprint density at radius 1 is 0.667 bits per heavy atom. The van der Waals surface area contributed by atoms with Crippen LogP contribution >= 0.6 is 10.7 Å². The van der Waals surface area contributed by atoms with E-state index in [0.29, 0.717) is 86.0 Å². The number of nitrogens with zero attached hydrogens (tertiary/aromatic N) is 8. The van der Waals surface area contributed by atoms with Gasteiger partial charge in [0, 0.05) is 96.6 Å². The first-order valence-electron chi connectivity index (χ1n) is 23.8. The van der Waals surface area contributed by atoms with Crippen LogP contribution in [0.15, 0.2) is 94.8 Å². The number of fused-ring (bicyclic) bond motifs is 2. The summed E-state index contributed by atoms with van der Waals surface area (Å²) in [5.41, 5.74) is 2.56. The second-order valence-corrected chi connectivity index (χ2v) is 24.8. The normalized spacial score (nSPS) is 14.2. The van der Waals surface area contributed by atoms with Gasteiger partial charge in [-0.3, -0.25) is 22.9 Å². The maximum atomic E-state index is 12.7. The molecule has 6 aromatic rings. The van der Waals surface area contributed by atoms with Crippen molar-refractivity contribution in [3.63, 3.8) is 0 Å². The molecule has 2 aromatic carbocycles. The zero-order valence-electron chi connectivity index (χ0n) is 43.0. The first kappa shape index (κ1) is 57.5. The topological polar surface area (TPSA) is 276 Å². The van der Waals surface area contributed by atoms with E-state index in [-0.39, 0.29) is 42.4 Å². The van der Waals surface area contributed by atoms with Crippen molar-refractivity contribution in [3.8, 4) is 0 Å². The SMILES string of the molecule is CC(C)(C)OC(=O)N1CC(CCn2c(=O)ccc3cnc(Nc4cccc(CO)c4)nc32)C1.CC(C)(C)OC(=O)N1CC(CCn2c(=O)ccc3cnc(Nc4cccc(COS(C)(=O)=O)c4)nc32)C1.CS(=O)(=O)Cl. The Labute approximate surface area is 439 Å².